The Hall–Kier alpha value is -0.0400. The van der Waals surface area contributed by atoms with E-state index in [4.69, 9.17) is 0 Å². The fourth-order valence-corrected chi connectivity index (χ4v) is 4.30. The highest BCUT2D eigenvalue weighted by Crippen LogP contribution is 2.41. The van der Waals surface area contributed by atoms with Gasteiger partial charge in [0.25, 0.3) is 0 Å². The van der Waals surface area contributed by atoms with Gasteiger partial charge in [-0.05, 0) is 30.6 Å². The van der Waals surface area contributed by atoms with Crippen molar-refractivity contribution in [2.24, 2.45) is 11.3 Å². The predicted octanol–water partition coefficient (Wildman–Crippen LogP) is 3.83. The lowest BCUT2D eigenvalue weighted by Crippen LogP contribution is -2.50. The molecule has 1 saturated heterocycles. The predicted molar refractivity (Wildman–Crippen MR) is 70.4 cm³/mol. The summed E-state index contributed by atoms with van der Waals surface area (Å²) < 4.78 is 1.39. The number of quaternary nitrogens is 1. The Labute approximate surface area is 102 Å². The summed E-state index contributed by atoms with van der Waals surface area (Å²) in [5.41, 5.74) is 0.574. The molecule has 2 atom stereocenters. The topological polar surface area (TPSA) is 0 Å². The number of hydrogen-bond donors (Lipinski definition) is 0. The lowest BCUT2D eigenvalue weighted by Gasteiger charge is -2.40. The van der Waals surface area contributed by atoms with Gasteiger partial charge in [0.15, 0.2) is 0 Å². The molecule has 0 spiro atoms. The summed E-state index contributed by atoms with van der Waals surface area (Å²) in [5, 5.41) is 0. The minimum Gasteiger partial charge on any atom is -0.324 e. The molecule has 1 heteroatoms. The molecule has 0 aromatic heterocycles. The monoisotopic (exact) mass is 224 g/mol. The van der Waals surface area contributed by atoms with E-state index >= 15 is 0 Å². The largest absolute Gasteiger partial charge is 0.324 e. The number of hydrogen-bond acceptors (Lipinski definition) is 0. The average molecular weight is 224 g/mol. The Balaban J connectivity index is 2.09. The van der Waals surface area contributed by atoms with Gasteiger partial charge in [-0.15, -0.1) is 0 Å². The second-order valence-corrected chi connectivity index (χ2v) is 7.54. The van der Waals surface area contributed by atoms with Crippen molar-refractivity contribution in [1.82, 2.24) is 0 Å². The van der Waals surface area contributed by atoms with Gasteiger partial charge in [-0.2, -0.15) is 0 Å². The molecule has 0 aromatic carbocycles. The van der Waals surface area contributed by atoms with Crippen LogP contribution in [0.4, 0.5) is 0 Å². The fraction of sp³-hybridized carbons (Fsp3) is 1.00. The van der Waals surface area contributed by atoms with Gasteiger partial charge in [-0.1, -0.05) is 20.8 Å². The quantitative estimate of drug-likeness (QED) is 0.469. The molecule has 0 N–H and O–H groups in total. The lowest BCUT2D eigenvalue weighted by atomic mass is 9.80. The first kappa shape index (κ1) is 12.4. The molecular formula is C15H30N+. The standard InChI is InChI=1S/C15H30N/c1-13-7-8-14(12-15(2,3)11-13)16(4)9-5-6-10-16/h13-14H,5-12H2,1-4H3/q+1. The minimum absolute atomic E-state index is 0.574. The van der Waals surface area contributed by atoms with E-state index in [0.29, 0.717) is 5.41 Å². The summed E-state index contributed by atoms with van der Waals surface area (Å²) in [4.78, 5) is 0. The van der Waals surface area contributed by atoms with Crippen LogP contribution in [0, 0.1) is 11.3 Å². The van der Waals surface area contributed by atoms with E-state index < -0.39 is 0 Å². The van der Waals surface area contributed by atoms with E-state index in [2.05, 4.69) is 27.8 Å². The molecule has 2 fully saturated rings. The lowest BCUT2D eigenvalue weighted by molar-refractivity contribution is -0.923. The van der Waals surface area contributed by atoms with Gasteiger partial charge in [0.1, 0.15) is 0 Å². The summed E-state index contributed by atoms with van der Waals surface area (Å²) in [6, 6.07) is 0.947. The zero-order valence-electron chi connectivity index (χ0n) is 11.8. The average Bonchev–Trinajstić information content (AvgIpc) is 2.53. The van der Waals surface area contributed by atoms with Crippen molar-refractivity contribution in [2.75, 3.05) is 20.1 Å². The van der Waals surface area contributed by atoms with Crippen LogP contribution in [-0.4, -0.2) is 30.7 Å². The number of likely N-dealkylation sites (tertiary alicyclic amines) is 1. The summed E-state index contributed by atoms with van der Waals surface area (Å²) >= 11 is 0. The molecular weight excluding hydrogens is 194 g/mol. The molecule has 1 saturated carbocycles. The van der Waals surface area contributed by atoms with Gasteiger partial charge in [0, 0.05) is 19.3 Å². The molecule has 16 heavy (non-hydrogen) atoms. The van der Waals surface area contributed by atoms with Crippen LogP contribution < -0.4 is 0 Å². The highest BCUT2D eigenvalue weighted by molar-refractivity contribution is 4.82. The van der Waals surface area contributed by atoms with E-state index in [0.717, 1.165) is 12.0 Å². The zero-order valence-corrected chi connectivity index (χ0v) is 11.8. The van der Waals surface area contributed by atoms with Gasteiger partial charge in [0.05, 0.1) is 26.2 Å². The van der Waals surface area contributed by atoms with Crippen LogP contribution in [0.15, 0.2) is 0 Å². The molecule has 2 aliphatic rings. The smallest absolute Gasteiger partial charge is 0.0893 e. The SMILES string of the molecule is CC1CCC([N+]2(C)CCCC2)CC(C)(C)C1. The highest BCUT2D eigenvalue weighted by Gasteiger charge is 2.41. The number of nitrogens with zero attached hydrogens (tertiary/aromatic N) is 1. The Morgan fingerprint density at radius 1 is 1.00 bits per heavy atom. The minimum atomic E-state index is 0.574. The molecule has 1 aliphatic heterocycles. The van der Waals surface area contributed by atoms with Gasteiger partial charge >= 0.3 is 0 Å². The molecule has 0 amide bonds. The first-order chi connectivity index (χ1) is 7.41. The van der Waals surface area contributed by atoms with Crippen molar-refractivity contribution in [1.29, 1.82) is 0 Å². The molecule has 2 rings (SSSR count). The molecule has 0 radical (unpaired) electrons. The van der Waals surface area contributed by atoms with Crippen LogP contribution in [0.3, 0.4) is 0 Å². The van der Waals surface area contributed by atoms with Crippen molar-refractivity contribution in [3.05, 3.63) is 0 Å². The van der Waals surface area contributed by atoms with E-state index in [1.807, 2.05) is 0 Å². The zero-order chi connectivity index (χ0) is 11.8. The molecule has 0 bridgehead atoms. The Morgan fingerprint density at radius 2 is 1.62 bits per heavy atom. The van der Waals surface area contributed by atoms with E-state index in [1.165, 1.54) is 56.1 Å². The van der Waals surface area contributed by atoms with Crippen molar-refractivity contribution in [3.63, 3.8) is 0 Å². The van der Waals surface area contributed by atoms with E-state index in [-0.39, 0.29) is 0 Å². The van der Waals surface area contributed by atoms with Crippen molar-refractivity contribution >= 4 is 0 Å². The summed E-state index contributed by atoms with van der Waals surface area (Å²) in [7, 11) is 2.52. The van der Waals surface area contributed by atoms with Crippen molar-refractivity contribution in [3.8, 4) is 0 Å². The molecule has 1 heterocycles. The van der Waals surface area contributed by atoms with Crippen LogP contribution in [0.2, 0.25) is 0 Å². The van der Waals surface area contributed by atoms with Gasteiger partial charge in [0.2, 0.25) is 0 Å². The van der Waals surface area contributed by atoms with Crippen molar-refractivity contribution in [2.45, 2.75) is 65.3 Å². The van der Waals surface area contributed by atoms with E-state index in [1.54, 1.807) is 0 Å². The summed E-state index contributed by atoms with van der Waals surface area (Å²) in [6.45, 7) is 10.3. The maximum absolute atomic E-state index is 2.52. The first-order valence-corrected chi connectivity index (χ1v) is 7.26. The maximum atomic E-state index is 2.52. The second-order valence-electron chi connectivity index (χ2n) is 7.54. The molecule has 94 valence electrons. The van der Waals surface area contributed by atoms with Crippen molar-refractivity contribution < 1.29 is 4.48 Å². The summed E-state index contributed by atoms with van der Waals surface area (Å²) in [5.74, 6) is 0.939. The van der Waals surface area contributed by atoms with E-state index in [9.17, 15) is 0 Å². The fourth-order valence-electron chi connectivity index (χ4n) is 4.30. The molecule has 2 unspecified atom stereocenters. The number of rotatable bonds is 1. The normalized spacial score (nSPS) is 38.2. The molecule has 1 aliphatic carbocycles. The Kier molecular flexibility index (Phi) is 3.36. The Morgan fingerprint density at radius 3 is 2.25 bits per heavy atom. The van der Waals surface area contributed by atoms with Crippen LogP contribution in [-0.2, 0) is 0 Å². The van der Waals surface area contributed by atoms with Gasteiger partial charge in [-0.25, -0.2) is 0 Å². The third-order valence-electron chi connectivity index (χ3n) is 5.15. The van der Waals surface area contributed by atoms with Gasteiger partial charge < -0.3 is 4.48 Å². The second kappa shape index (κ2) is 4.33. The molecule has 1 nitrogen and oxygen atoms in total. The first-order valence-electron chi connectivity index (χ1n) is 7.26. The third-order valence-corrected chi connectivity index (χ3v) is 5.15. The maximum Gasteiger partial charge on any atom is 0.0893 e. The van der Waals surface area contributed by atoms with Crippen LogP contribution >= 0.6 is 0 Å². The molecule has 0 aromatic rings. The summed E-state index contributed by atoms with van der Waals surface area (Å²) in [6.07, 6.45) is 8.74. The van der Waals surface area contributed by atoms with Crippen LogP contribution in [0.5, 0.6) is 0 Å². The van der Waals surface area contributed by atoms with Crippen LogP contribution in [0.1, 0.15) is 59.3 Å². The van der Waals surface area contributed by atoms with Gasteiger partial charge in [-0.3, -0.25) is 0 Å². The van der Waals surface area contributed by atoms with Crippen LogP contribution in [0.25, 0.3) is 0 Å². The Bertz CT molecular complexity index is 238. The third kappa shape index (κ3) is 2.61. The highest BCUT2D eigenvalue weighted by atomic mass is 15.4.